The van der Waals surface area contributed by atoms with Crippen LogP contribution in [0.5, 0.6) is 0 Å². The van der Waals surface area contributed by atoms with Crippen molar-refractivity contribution in [1.82, 2.24) is 0 Å². The number of allylic oxidation sites excluding steroid dienone is 4. The Morgan fingerprint density at radius 1 is 0.282 bits per heavy atom. The van der Waals surface area contributed by atoms with Gasteiger partial charge in [-0.2, -0.15) is 0 Å². The number of carbonyl (C=O) groups is 3. The van der Waals surface area contributed by atoms with Crippen molar-refractivity contribution in [2.45, 2.75) is 361 Å². The molecule has 0 fully saturated rings. The summed E-state index contributed by atoms with van der Waals surface area (Å²) in [5, 5.41) is 0. The van der Waals surface area contributed by atoms with Gasteiger partial charge < -0.3 is 14.2 Å². The fourth-order valence-corrected chi connectivity index (χ4v) is 9.65. The molecule has 0 N–H and O–H groups in total. The van der Waals surface area contributed by atoms with Crippen LogP contribution in [0, 0.1) is 0 Å². The molecule has 418 valence electrons. The third-order valence-corrected chi connectivity index (χ3v) is 14.5. The van der Waals surface area contributed by atoms with Crippen molar-refractivity contribution in [2.75, 3.05) is 13.2 Å². The second-order valence-corrected chi connectivity index (χ2v) is 21.7. The van der Waals surface area contributed by atoms with Crippen LogP contribution in [-0.4, -0.2) is 37.2 Å². The van der Waals surface area contributed by atoms with Crippen LogP contribution < -0.4 is 0 Å². The van der Waals surface area contributed by atoms with Crippen molar-refractivity contribution in [3.05, 3.63) is 24.3 Å². The molecule has 71 heavy (non-hydrogen) atoms. The summed E-state index contributed by atoms with van der Waals surface area (Å²) in [4.78, 5) is 38.0. The van der Waals surface area contributed by atoms with Crippen LogP contribution >= 0.6 is 0 Å². The van der Waals surface area contributed by atoms with Crippen LogP contribution in [-0.2, 0) is 28.6 Å². The quantitative estimate of drug-likeness (QED) is 0.0261. The highest BCUT2D eigenvalue weighted by atomic mass is 16.6. The molecule has 0 aromatic carbocycles. The van der Waals surface area contributed by atoms with Crippen LogP contribution in [0.3, 0.4) is 0 Å². The Kier molecular flexibility index (Phi) is 58.6. The van der Waals surface area contributed by atoms with Crippen molar-refractivity contribution in [2.24, 2.45) is 0 Å². The van der Waals surface area contributed by atoms with E-state index in [0.717, 1.165) is 77.0 Å². The SMILES string of the molecule is CCCCC/C=C\C/C=C\CCCCCCCC(=O)OC(COC(=O)CCCCCCCCCC)COC(=O)CCCCCCCCCCCCCCCCCCCCCCCCCCCCCCCC. The summed E-state index contributed by atoms with van der Waals surface area (Å²) < 4.78 is 16.8. The molecule has 1 unspecified atom stereocenters. The number of hydrogen-bond acceptors (Lipinski definition) is 6. The van der Waals surface area contributed by atoms with Crippen LogP contribution in [0.2, 0.25) is 0 Å². The molecular weight excluding hydrogens is 877 g/mol. The highest BCUT2D eigenvalue weighted by Gasteiger charge is 2.19. The highest BCUT2D eigenvalue weighted by molar-refractivity contribution is 5.71. The zero-order valence-electron chi connectivity index (χ0n) is 48.0. The Morgan fingerprint density at radius 2 is 0.507 bits per heavy atom. The zero-order chi connectivity index (χ0) is 51.4. The summed E-state index contributed by atoms with van der Waals surface area (Å²) in [6.07, 6.45) is 72.2. The minimum absolute atomic E-state index is 0.0721. The van der Waals surface area contributed by atoms with E-state index < -0.39 is 6.10 Å². The summed E-state index contributed by atoms with van der Waals surface area (Å²) in [5.41, 5.74) is 0. The molecule has 0 rings (SSSR count). The average Bonchev–Trinajstić information content (AvgIpc) is 3.37. The maximum absolute atomic E-state index is 12.8. The first-order chi connectivity index (χ1) is 35.0. The molecule has 1 atom stereocenters. The van der Waals surface area contributed by atoms with E-state index in [2.05, 4.69) is 45.1 Å². The van der Waals surface area contributed by atoms with Gasteiger partial charge in [-0.05, 0) is 51.4 Å². The van der Waals surface area contributed by atoms with Gasteiger partial charge in [-0.15, -0.1) is 0 Å². The number of ether oxygens (including phenoxy) is 3. The molecule has 6 nitrogen and oxygen atoms in total. The van der Waals surface area contributed by atoms with Gasteiger partial charge in [-0.25, -0.2) is 0 Å². The van der Waals surface area contributed by atoms with E-state index in [1.807, 2.05) is 0 Å². The van der Waals surface area contributed by atoms with E-state index in [-0.39, 0.29) is 31.1 Å². The van der Waals surface area contributed by atoms with Gasteiger partial charge >= 0.3 is 17.9 Å². The predicted molar refractivity (Wildman–Crippen MR) is 307 cm³/mol. The lowest BCUT2D eigenvalue weighted by Gasteiger charge is -2.18. The molecule has 0 amide bonds. The highest BCUT2D eigenvalue weighted by Crippen LogP contribution is 2.18. The maximum atomic E-state index is 12.8. The second kappa shape index (κ2) is 60.4. The smallest absolute Gasteiger partial charge is 0.306 e. The second-order valence-electron chi connectivity index (χ2n) is 21.7. The average molecular weight is 1000 g/mol. The van der Waals surface area contributed by atoms with E-state index >= 15 is 0 Å². The maximum Gasteiger partial charge on any atom is 0.306 e. The lowest BCUT2D eigenvalue weighted by atomic mass is 10.0. The first-order valence-electron chi connectivity index (χ1n) is 31.8. The molecule has 0 heterocycles. The molecule has 0 spiro atoms. The third kappa shape index (κ3) is 58.7. The van der Waals surface area contributed by atoms with Crippen LogP contribution in [0.25, 0.3) is 0 Å². The van der Waals surface area contributed by atoms with Crippen molar-refractivity contribution in [1.29, 1.82) is 0 Å². The number of hydrogen-bond donors (Lipinski definition) is 0. The molecule has 0 aliphatic heterocycles. The normalized spacial score (nSPS) is 12.1. The van der Waals surface area contributed by atoms with Gasteiger partial charge in [0.2, 0.25) is 0 Å². The van der Waals surface area contributed by atoms with Gasteiger partial charge in [0, 0.05) is 19.3 Å². The zero-order valence-corrected chi connectivity index (χ0v) is 48.0. The molecular formula is C65H122O6. The Morgan fingerprint density at radius 3 is 0.803 bits per heavy atom. The predicted octanol–water partition coefficient (Wildman–Crippen LogP) is 21.4. The molecule has 0 radical (unpaired) electrons. The van der Waals surface area contributed by atoms with Gasteiger partial charge in [0.05, 0.1) is 0 Å². The number of unbranched alkanes of at least 4 members (excludes halogenated alkanes) is 44. The lowest BCUT2D eigenvalue weighted by Crippen LogP contribution is -2.30. The Labute approximate surface area is 443 Å². The first-order valence-corrected chi connectivity index (χ1v) is 31.8. The van der Waals surface area contributed by atoms with Gasteiger partial charge in [-0.1, -0.05) is 308 Å². The minimum Gasteiger partial charge on any atom is -0.462 e. The molecule has 0 aromatic rings. The molecule has 0 bridgehead atoms. The first kappa shape index (κ1) is 68.9. The van der Waals surface area contributed by atoms with Crippen molar-refractivity contribution < 1.29 is 28.6 Å². The van der Waals surface area contributed by atoms with E-state index in [9.17, 15) is 14.4 Å². The molecule has 0 aromatic heterocycles. The van der Waals surface area contributed by atoms with Crippen molar-refractivity contribution in [3.63, 3.8) is 0 Å². The lowest BCUT2D eigenvalue weighted by molar-refractivity contribution is -0.167. The fourth-order valence-electron chi connectivity index (χ4n) is 9.65. The molecule has 0 aliphatic carbocycles. The van der Waals surface area contributed by atoms with Gasteiger partial charge in [0.1, 0.15) is 13.2 Å². The minimum atomic E-state index is -0.773. The van der Waals surface area contributed by atoms with E-state index in [4.69, 9.17) is 14.2 Å². The molecule has 0 saturated heterocycles. The third-order valence-electron chi connectivity index (χ3n) is 14.5. The van der Waals surface area contributed by atoms with Crippen LogP contribution in [0.1, 0.15) is 355 Å². The topological polar surface area (TPSA) is 78.9 Å². The number of rotatable bonds is 59. The summed E-state index contributed by atoms with van der Waals surface area (Å²) in [5.74, 6) is -0.870. The van der Waals surface area contributed by atoms with Crippen molar-refractivity contribution in [3.8, 4) is 0 Å². The van der Waals surface area contributed by atoms with Gasteiger partial charge in [-0.3, -0.25) is 14.4 Å². The summed E-state index contributed by atoms with van der Waals surface area (Å²) >= 11 is 0. The Balaban J connectivity index is 4.01. The van der Waals surface area contributed by atoms with Crippen molar-refractivity contribution >= 4 is 17.9 Å². The largest absolute Gasteiger partial charge is 0.462 e. The van der Waals surface area contributed by atoms with E-state index in [1.54, 1.807) is 0 Å². The number of esters is 3. The van der Waals surface area contributed by atoms with E-state index in [0.29, 0.717) is 19.3 Å². The summed E-state index contributed by atoms with van der Waals surface area (Å²) in [6, 6.07) is 0. The van der Waals surface area contributed by atoms with E-state index in [1.165, 1.54) is 238 Å². The Bertz CT molecular complexity index is 1150. The van der Waals surface area contributed by atoms with Crippen LogP contribution in [0.4, 0.5) is 0 Å². The molecule has 0 aliphatic rings. The standard InChI is InChI=1S/C65H122O6/c1-4-7-10-13-16-19-21-23-25-26-27-28-29-30-31-32-33-34-35-36-37-38-39-41-42-44-46-49-52-55-58-64(67)70-61-62(60-69-63(66)57-54-51-48-18-15-12-9-6-3)71-65(68)59-56-53-50-47-45-43-40-24-22-20-17-14-11-8-5-2/h17,20,24,40,62H,4-16,18-19,21-23,25-39,41-61H2,1-3H3/b20-17-,40-24-. The fraction of sp³-hybridized carbons (Fsp3) is 0.892. The molecule has 0 saturated carbocycles. The summed E-state index contributed by atoms with van der Waals surface area (Å²) in [6.45, 7) is 6.63. The number of carbonyl (C=O) groups excluding carboxylic acids is 3. The van der Waals surface area contributed by atoms with Crippen LogP contribution in [0.15, 0.2) is 24.3 Å². The van der Waals surface area contributed by atoms with Gasteiger partial charge in [0.15, 0.2) is 6.10 Å². The Hall–Kier alpha value is -2.11. The van der Waals surface area contributed by atoms with Gasteiger partial charge in [0.25, 0.3) is 0 Å². The molecule has 6 heteroatoms. The summed E-state index contributed by atoms with van der Waals surface area (Å²) in [7, 11) is 0. The monoisotopic (exact) mass is 999 g/mol.